The second-order valence-electron chi connectivity index (χ2n) is 5.59. The van der Waals surface area contributed by atoms with Gasteiger partial charge in [0, 0.05) is 19.2 Å². The smallest absolute Gasteiger partial charge is 0.253 e. The van der Waals surface area contributed by atoms with Crippen molar-refractivity contribution in [1.29, 1.82) is 0 Å². The van der Waals surface area contributed by atoms with E-state index in [9.17, 15) is 4.79 Å². The van der Waals surface area contributed by atoms with E-state index in [0.717, 1.165) is 16.7 Å². The summed E-state index contributed by atoms with van der Waals surface area (Å²) in [5, 5.41) is 0. The van der Waals surface area contributed by atoms with Crippen LogP contribution >= 0.6 is 0 Å². The summed E-state index contributed by atoms with van der Waals surface area (Å²) in [5.41, 5.74) is 4.12. The Morgan fingerprint density at radius 1 is 0.739 bits per heavy atom. The van der Waals surface area contributed by atoms with Gasteiger partial charge in [-0.15, -0.1) is 0 Å². The number of rotatable bonds is 4. The molecule has 0 saturated heterocycles. The van der Waals surface area contributed by atoms with Crippen molar-refractivity contribution < 1.29 is 4.79 Å². The Hall–Kier alpha value is -2.87. The van der Waals surface area contributed by atoms with E-state index in [1.54, 1.807) is 4.90 Å². The molecule has 0 spiro atoms. The van der Waals surface area contributed by atoms with Crippen LogP contribution in [-0.2, 0) is 6.54 Å². The Labute approximate surface area is 137 Å². The van der Waals surface area contributed by atoms with Crippen LogP contribution in [0.3, 0.4) is 0 Å². The van der Waals surface area contributed by atoms with Gasteiger partial charge < -0.3 is 4.90 Å². The lowest BCUT2D eigenvalue weighted by Gasteiger charge is -2.17. The van der Waals surface area contributed by atoms with Crippen LogP contribution in [0.2, 0.25) is 0 Å². The second kappa shape index (κ2) is 6.93. The van der Waals surface area contributed by atoms with Gasteiger partial charge in [0.25, 0.3) is 5.91 Å². The van der Waals surface area contributed by atoms with Crippen molar-refractivity contribution in [1.82, 2.24) is 4.90 Å². The van der Waals surface area contributed by atoms with E-state index in [0.29, 0.717) is 12.1 Å². The average molecular weight is 301 g/mol. The summed E-state index contributed by atoms with van der Waals surface area (Å²) in [6.07, 6.45) is 0. The quantitative estimate of drug-likeness (QED) is 0.688. The van der Waals surface area contributed by atoms with Crippen molar-refractivity contribution in [2.24, 2.45) is 0 Å². The minimum Gasteiger partial charge on any atom is -0.337 e. The first-order chi connectivity index (χ1) is 11.2. The standard InChI is InChI=1S/C21H19NO/c1-22(16-17-8-4-2-5-9-17)21(23)20-14-12-19(13-15-20)18-10-6-3-7-11-18/h2-15H,16H2,1H3. The first kappa shape index (κ1) is 15.0. The summed E-state index contributed by atoms with van der Waals surface area (Å²) in [5.74, 6) is 0.0356. The van der Waals surface area contributed by atoms with Crippen molar-refractivity contribution in [2.45, 2.75) is 6.54 Å². The zero-order valence-corrected chi connectivity index (χ0v) is 13.1. The largest absolute Gasteiger partial charge is 0.337 e. The van der Waals surface area contributed by atoms with Gasteiger partial charge in [-0.05, 0) is 28.8 Å². The fourth-order valence-electron chi connectivity index (χ4n) is 2.59. The SMILES string of the molecule is CN(Cc1ccccc1)C(=O)c1ccc(-c2ccccc2)cc1. The molecule has 0 bridgehead atoms. The van der Waals surface area contributed by atoms with Crippen LogP contribution in [0.4, 0.5) is 0 Å². The van der Waals surface area contributed by atoms with Crippen molar-refractivity contribution in [3.63, 3.8) is 0 Å². The van der Waals surface area contributed by atoms with Gasteiger partial charge in [0.15, 0.2) is 0 Å². The molecule has 3 rings (SSSR count). The number of carbonyl (C=O) groups excluding carboxylic acids is 1. The Morgan fingerprint density at radius 2 is 1.26 bits per heavy atom. The van der Waals surface area contributed by atoms with E-state index in [1.165, 1.54) is 0 Å². The van der Waals surface area contributed by atoms with E-state index in [4.69, 9.17) is 0 Å². The molecule has 23 heavy (non-hydrogen) atoms. The molecule has 0 fully saturated rings. The second-order valence-corrected chi connectivity index (χ2v) is 5.59. The lowest BCUT2D eigenvalue weighted by atomic mass is 10.0. The molecule has 1 amide bonds. The van der Waals surface area contributed by atoms with Crippen LogP contribution in [0, 0.1) is 0 Å². The van der Waals surface area contributed by atoms with Gasteiger partial charge in [-0.2, -0.15) is 0 Å². The van der Waals surface area contributed by atoms with Crippen molar-refractivity contribution in [2.75, 3.05) is 7.05 Å². The van der Waals surface area contributed by atoms with Crippen LogP contribution in [0.1, 0.15) is 15.9 Å². The van der Waals surface area contributed by atoms with Gasteiger partial charge in [-0.1, -0.05) is 72.8 Å². The predicted octanol–water partition coefficient (Wildman–Crippen LogP) is 4.63. The number of hydrogen-bond acceptors (Lipinski definition) is 1. The molecule has 0 N–H and O–H groups in total. The molecule has 0 aliphatic carbocycles. The lowest BCUT2D eigenvalue weighted by Crippen LogP contribution is -2.26. The van der Waals surface area contributed by atoms with Gasteiger partial charge >= 0.3 is 0 Å². The molecule has 0 saturated carbocycles. The van der Waals surface area contributed by atoms with Crippen LogP contribution < -0.4 is 0 Å². The Morgan fingerprint density at radius 3 is 1.87 bits per heavy atom. The Balaban J connectivity index is 1.72. The number of benzene rings is 3. The predicted molar refractivity (Wildman–Crippen MR) is 94.1 cm³/mol. The summed E-state index contributed by atoms with van der Waals surface area (Å²) < 4.78 is 0. The minimum absolute atomic E-state index is 0.0356. The molecular formula is C21H19NO. The molecule has 0 radical (unpaired) electrons. The minimum atomic E-state index is 0.0356. The highest BCUT2D eigenvalue weighted by atomic mass is 16.2. The van der Waals surface area contributed by atoms with Gasteiger partial charge in [0.05, 0.1) is 0 Å². The number of nitrogens with zero attached hydrogens (tertiary/aromatic N) is 1. The summed E-state index contributed by atoms with van der Waals surface area (Å²) >= 11 is 0. The Kier molecular flexibility index (Phi) is 4.53. The number of amides is 1. The van der Waals surface area contributed by atoms with Crippen molar-refractivity contribution in [3.8, 4) is 11.1 Å². The molecule has 0 aliphatic rings. The van der Waals surface area contributed by atoms with E-state index in [2.05, 4.69) is 12.1 Å². The fourth-order valence-corrected chi connectivity index (χ4v) is 2.59. The summed E-state index contributed by atoms with van der Waals surface area (Å²) in [6, 6.07) is 28.0. The van der Waals surface area contributed by atoms with Gasteiger partial charge in [-0.25, -0.2) is 0 Å². The maximum Gasteiger partial charge on any atom is 0.253 e. The summed E-state index contributed by atoms with van der Waals surface area (Å²) in [7, 11) is 1.83. The molecule has 3 aromatic rings. The zero-order chi connectivity index (χ0) is 16.1. The van der Waals surface area contributed by atoms with Gasteiger partial charge in [-0.3, -0.25) is 4.79 Å². The van der Waals surface area contributed by atoms with Crippen LogP contribution in [0.15, 0.2) is 84.9 Å². The molecule has 0 atom stereocenters. The van der Waals surface area contributed by atoms with Crippen LogP contribution in [0.5, 0.6) is 0 Å². The highest BCUT2D eigenvalue weighted by molar-refractivity contribution is 5.94. The molecule has 0 unspecified atom stereocenters. The monoisotopic (exact) mass is 301 g/mol. The molecule has 0 aromatic heterocycles. The molecule has 0 aliphatic heterocycles. The zero-order valence-electron chi connectivity index (χ0n) is 13.1. The van der Waals surface area contributed by atoms with Crippen molar-refractivity contribution in [3.05, 3.63) is 96.1 Å². The summed E-state index contributed by atoms with van der Waals surface area (Å²) in [4.78, 5) is 14.3. The average Bonchev–Trinajstić information content (AvgIpc) is 2.63. The summed E-state index contributed by atoms with van der Waals surface area (Å²) in [6.45, 7) is 0.611. The lowest BCUT2D eigenvalue weighted by molar-refractivity contribution is 0.0785. The van der Waals surface area contributed by atoms with Gasteiger partial charge in [0.1, 0.15) is 0 Å². The molecule has 114 valence electrons. The fraction of sp³-hybridized carbons (Fsp3) is 0.0952. The van der Waals surface area contributed by atoms with Crippen LogP contribution in [0.25, 0.3) is 11.1 Å². The topological polar surface area (TPSA) is 20.3 Å². The Bertz CT molecular complexity index is 764. The van der Waals surface area contributed by atoms with Crippen LogP contribution in [-0.4, -0.2) is 17.9 Å². The third-order valence-electron chi connectivity index (χ3n) is 3.85. The highest BCUT2D eigenvalue weighted by Crippen LogP contribution is 2.20. The maximum absolute atomic E-state index is 12.5. The van der Waals surface area contributed by atoms with E-state index >= 15 is 0 Å². The highest BCUT2D eigenvalue weighted by Gasteiger charge is 2.12. The first-order valence-electron chi connectivity index (χ1n) is 7.69. The number of hydrogen-bond donors (Lipinski definition) is 0. The third kappa shape index (κ3) is 3.67. The third-order valence-corrected chi connectivity index (χ3v) is 3.85. The van der Waals surface area contributed by atoms with E-state index in [1.807, 2.05) is 79.8 Å². The van der Waals surface area contributed by atoms with E-state index < -0.39 is 0 Å². The van der Waals surface area contributed by atoms with E-state index in [-0.39, 0.29) is 5.91 Å². The molecule has 2 heteroatoms. The molecule has 0 heterocycles. The maximum atomic E-state index is 12.5. The molecule has 2 nitrogen and oxygen atoms in total. The number of carbonyl (C=O) groups is 1. The molecular weight excluding hydrogens is 282 g/mol. The van der Waals surface area contributed by atoms with Gasteiger partial charge in [0.2, 0.25) is 0 Å². The van der Waals surface area contributed by atoms with Crippen molar-refractivity contribution >= 4 is 5.91 Å². The molecule has 3 aromatic carbocycles. The normalized spacial score (nSPS) is 10.3. The first-order valence-corrected chi connectivity index (χ1v) is 7.69.